The zero-order valence-electron chi connectivity index (χ0n) is 14.9. The first-order valence-corrected chi connectivity index (χ1v) is 9.50. The lowest BCUT2D eigenvalue weighted by molar-refractivity contribution is -0.115. The van der Waals surface area contributed by atoms with Crippen LogP contribution in [-0.4, -0.2) is 26.4 Å². The van der Waals surface area contributed by atoms with Gasteiger partial charge in [-0.3, -0.25) is 9.36 Å². The summed E-state index contributed by atoms with van der Waals surface area (Å²) in [5.41, 5.74) is 8.16. The number of halogens is 1. The number of benzene rings is 2. The number of hydrogen-bond acceptors (Lipinski definition) is 5. The SMILES string of the molecule is CCc1ccccc1-n1c(CNc2ccc(F)cc2)nnc1SCC(N)=O. The molecule has 0 fully saturated rings. The number of nitrogens with one attached hydrogen (secondary N) is 1. The van der Waals surface area contributed by atoms with E-state index in [9.17, 15) is 9.18 Å². The van der Waals surface area contributed by atoms with Crippen molar-refractivity contribution < 1.29 is 9.18 Å². The fourth-order valence-electron chi connectivity index (χ4n) is 2.66. The molecule has 0 spiro atoms. The van der Waals surface area contributed by atoms with Gasteiger partial charge in [0.25, 0.3) is 0 Å². The predicted molar refractivity (Wildman–Crippen MR) is 104 cm³/mol. The number of rotatable bonds is 8. The largest absolute Gasteiger partial charge is 0.378 e. The number of aromatic nitrogens is 3. The highest BCUT2D eigenvalue weighted by Crippen LogP contribution is 2.25. The number of primary amides is 1. The summed E-state index contributed by atoms with van der Waals surface area (Å²) in [5, 5.41) is 12.3. The first kappa shape index (κ1) is 18.9. The summed E-state index contributed by atoms with van der Waals surface area (Å²) in [5.74, 6) is 0.111. The Morgan fingerprint density at radius 2 is 1.93 bits per heavy atom. The van der Waals surface area contributed by atoms with Gasteiger partial charge < -0.3 is 11.1 Å². The molecule has 8 heteroatoms. The molecule has 0 radical (unpaired) electrons. The molecular formula is C19H20FN5OS. The Morgan fingerprint density at radius 3 is 2.63 bits per heavy atom. The Morgan fingerprint density at radius 1 is 1.19 bits per heavy atom. The highest BCUT2D eigenvalue weighted by molar-refractivity contribution is 7.99. The number of nitrogens with two attached hydrogens (primary N) is 1. The smallest absolute Gasteiger partial charge is 0.227 e. The molecule has 1 amide bonds. The summed E-state index contributed by atoms with van der Waals surface area (Å²) in [6.45, 7) is 2.48. The van der Waals surface area contributed by atoms with Crippen molar-refractivity contribution in [3.63, 3.8) is 0 Å². The van der Waals surface area contributed by atoms with Gasteiger partial charge in [-0.05, 0) is 42.3 Å². The van der Waals surface area contributed by atoms with Gasteiger partial charge in [-0.1, -0.05) is 36.9 Å². The van der Waals surface area contributed by atoms with Crippen LogP contribution in [0.5, 0.6) is 0 Å². The third kappa shape index (κ3) is 4.65. The van der Waals surface area contributed by atoms with Crippen LogP contribution in [0, 0.1) is 5.82 Å². The van der Waals surface area contributed by atoms with Crippen LogP contribution in [0.4, 0.5) is 10.1 Å². The molecule has 6 nitrogen and oxygen atoms in total. The monoisotopic (exact) mass is 385 g/mol. The fraction of sp³-hybridized carbons (Fsp3) is 0.211. The second kappa shape index (κ2) is 8.68. The number of thioether (sulfide) groups is 1. The van der Waals surface area contributed by atoms with E-state index in [1.165, 1.54) is 23.9 Å². The fourth-order valence-corrected chi connectivity index (χ4v) is 3.37. The maximum atomic E-state index is 13.1. The second-order valence-corrected chi connectivity index (χ2v) is 6.77. The van der Waals surface area contributed by atoms with Crippen LogP contribution in [0.25, 0.3) is 5.69 Å². The summed E-state index contributed by atoms with van der Waals surface area (Å²) in [4.78, 5) is 11.2. The molecule has 27 heavy (non-hydrogen) atoms. The quantitative estimate of drug-likeness (QED) is 0.582. The predicted octanol–water partition coefficient (Wildman–Crippen LogP) is 3.16. The molecule has 0 saturated carbocycles. The molecule has 0 atom stereocenters. The summed E-state index contributed by atoms with van der Waals surface area (Å²) in [7, 11) is 0. The van der Waals surface area contributed by atoms with Crippen molar-refractivity contribution in [2.24, 2.45) is 5.73 Å². The number of aryl methyl sites for hydroxylation is 1. The van der Waals surface area contributed by atoms with Crippen LogP contribution in [0.2, 0.25) is 0 Å². The van der Waals surface area contributed by atoms with Crippen LogP contribution in [0.1, 0.15) is 18.3 Å². The molecule has 0 saturated heterocycles. The summed E-state index contributed by atoms with van der Waals surface area (Å²) in [6.07, 6.45) is 0.846. The molecule has 3 aromatic rings. The van der Waals surface area contributed by atoms with Gasteiger partial charge in [0, 0.05) is 5.69 Å². The van der Waals surface area contributed by atoms with E-state index >= 15 is 0 Å². The van der Waals surface area contributed by atoms with E-state index in [1.54, 1.807) is 12.1 Å². The summed E-state index contributed by atoms with van der Waals surface area (Å²) >= 11 is 1.25. The molecule has 0 aliphatic carbocycles. The van der Waals surface area contributed by atoms with Crippen molar-refractivity contribution >= 4 is 23.4 Å². The van der Waals surface area contributed by atoms with Gasteiger partial charge in [-0.15, -0.1) is 10.2 Å². The van der Waals surface area contributed by atoms with Gasteiger partial charge in [0.1, 0.15) is 5.82 Å². The first-order valence-electron chi connectivity index (χ1n) is 8.51. The van der Waals surface area contributed by atoms with Crippen molar-refractivity contribution in [2.45, 2.75) is 25.0 Å². The van der Waals surface area contributed by atoms with Crippen molar-refractivity contribution in [2.75, 3.05) is 11.1 Å². The molecule has 0 unspecified atom stereocenters. The van der Waals surface area contributed by atoms with Gasteiger partial charge in [-0.25, -0.2) is 4.39 Å². The van der Waals surface area contributed by atoms with E-state index in [1.807, 2.05) is 22.8 Å². The third-order valence-corrected chi connectivity index (χ3v) is 4.90. The van der Waals surface area contributed by atoms with Crippen molar-refractivity contribution in [3.8, 4) is 5.69 Å². The minimum atomic E-state index is -0.413. The van der Waals surface area contributed by atoms with Crippen molar-refractivity contribution in [1.82, 2.24) is 14.8 Å². The van der Waals surface area contributed by atoms with Crippen LogP contribution in [-0.2, 0) is 17.8 Å². The molecule has 1 heterocycles. The van der Waals surface area contributed by atoms with Crippen molar-refractivity contribution in [1.29, 1.82) is 0 Å². The number of hydrogen-bond donors (Lipinski definition) is 2. The highest BCUT2D eigenvalue weighted by atomic mass is 32.2. The van der Waals surface area contributed by atoms with E-state index in [2.05, 4.69) is 28.5 Å². The number of para-hydroxylation sites is 1. The van der Waals surface area contributed by atoms with Crippen LogP contribution in [0.3, 0.4) is 0 Å². The zero-order valence-corrected chi connectivity index (χ0v) is 15.7. The number of anilines is 1. The minimum Gasteiger partial charge on any atom is -0.378 e. The highest BCUT2D eigenvalue weighted by Gasteiger charge is 2.17. The number of amides is 1. The zero-order chi connectivity index (χ0) is 19.2. The van der Waals surface area contributed by atoms with E-state index in [0.717, 1.165) is 23.4 Å². The molecule has 0 bridgehead atoms. The van der Waals surface area contributed by atoms with E-state index < -0.39 is 5.91 Å². The Labute approximate surface area is 161 Å². The van der Waals surface area contributed by atoms with Crippen LogP contribution < -0.4 is 11.1 Å². The number of carbonyl (C=O) groups excluding carboxylic acids is 1. The van der Waals surface area contributed by atoms with E-state index in [-0.39, 0.29) is 11.6 Å². The normalized spacial score (nSPS) is 10.7. The van der Waals surface area contributed by atoms with Gasteiger partial charge >= 0.3 is 0 Å². The van der Waals surface area contributed by atoms with Gasteiger partial charge in [0.2, 0.25) is 5.91 Å². The molecule has 140 valence electrons. The Hall–Kier alpha value is -2.87. The molecule has 3 N–H and O–H groups in total. The Kier molecular flexibility index (Phi) is 6.08. The average molecular weight is 385 g/mol. The van der Waals surface area contributed by atoms with Crippen LogP contribution in [0.15, 0.2) is 53.7 Å². The molecular weight excluding hydrogens is 365 g/mol. The summed E-state index contributed by atoms with van der Waals surface area (Å²) < 4.78 is 15.0. The number of nitrogens with zero attached hydrogens (tertiary/aromatic N) is 3. The standard InChI is InChI=1S/C19H20FN5OS/c1-2-13-5-3-4-6-16(13)25-18(23-24-19(25)27-12-17(21)26)11-22-15-9-7-14(20)8-10-15/h3-10,22H,2,11-12H2,1H3,(H2,21,26). The van der Waals surface area contributed by atoms with E-state index in [4.69, 9.17) is 5.73 Å². The van der Waals surface area contributed by atoms with Crippen LogP contribution >= 0.6 is 11.8 Å². The average Bonchev–Trinajstić information content (AvgIpc) is 3.08. The minimum absolute atomic E-state index is 0.123. The molecule has 1 aromatic heterocycles. The molecule has 2 aromatic carbocycles. The van der Waals surface area contributed by atoms with Gasteiger partial charge in [0.15, 0.2) is 11.0 Å². The Balaban J connectivity index is 1.93. The number of carbonyl (C=O) groups is 1. The third-order valence-electron chi connectivity index (χ3n) is 3.95. The lowest BCUT2D eigenvalue weighted by atomic mass is 10.1. The second-order valence-electron chi connectivity index (χ2n) is 5.83. The van der Waals surface area contributed by atoms with Crippen molar-refractivity contribution in [3.05, 3.63) is 65.7 Å². The first-order chi connectivity index (χ1) is 13.1. The maximum absolute atomic E-state index is 13.1. The van der Waals surface area contributed by atoms with Gasteiger partial charge in [0.05, 0.1) is 18.0 Å². The molecule has 0 aliphatic rings. The molecule has 0 aliphatic heterocycles. The van der Waals surface area contributed by atoms with E-state index in [0.29, 0.717) is 17.5 Å². The topological polar surface area (TPSA) is 85.8 Å². The lowest BCUT2D eigenvalue weighted by Gasteiger charge is -2.14. The maximum Gasteiger partial charge on any atom is 0.227 e. The Bertz CT molecular complexity index is 926. The summed E-state index contributed by atoms with van der Waals surface area (Å²) in [6, 6.07) is 14.1. The molecule has 3 rings (SSSR count). The van der Waals surface area contributed by atoms with Gasteiger partial charge in [-0.2, -0.15) is 0 Å². The lowest BCUT2D eigenvalue weighted by Crippen LogP contribution is -2.14.